The summed E-state index contributed by atoms with van der Waals surface area (Å²) in [5.74, 6) is 0.306. The van der Waals surface area contributed by atoms with E-state index >= 15 is 0 Å². The Hall–Kier alpha value is -3.74. The summed E-state index contributed by atoms with van der Waals surface area (Å²) in [6.07, 6.45) is 3.16. The lowest BCUT2D eigenvalue weighted by molar-refractivity contribution is -0.384. The smallest absolute Gasteiger partial charge is 0.342 e. The SMILES string of the molecule is O=C(OCc1ccc([N+](=O)[O-])cc1)c1ccccc1Oc1cccnc1. The molecule has 0 saturated heterocycles. The number of ether oxygens (including phenoxy) is 2. The van der Waals surface area contributed by atoms with Crippen molar-refractivity contribution in [2.75, 3.05) is 0 Å². The Balaban J connectivity index is 1.69. The summed E-state index contributed by atoms with van der Waals surface area (Å²) in [5, 5.41) is 10.7. The summed E-state index contributed by atoms with van der Waals surface area (Å²) in [7, 11) is 0. The highest BCUT2D eigenvalue weighted by molar-refractivity contribution is 5.92. The minimum absolute atomic E-state index is 0.00193. The predicted molar refractivity (Wildman–Crippen MR) is 93.0 cm³/mol. The Kier molecular flexibility index (Phi) is 5.19. The summed E-state index contributed by atoms with van der Waals surface area (Å²) in [4.78, 5) is 26.5. The Labute approximate surface area is 149 Å². The van der Waals surface area contributed by atoms with Gasteiger partial charge in [-0.1, -0.05) is 12.1 Å². The van der Waals surface area contributed by atoms with Gasteiger partial charge in [-0.25, -0.2) is 4.79 Å². The molecule has 1 heterocycles. The summed E-state index contributed by atoms with van der Waals surface area (Å²) < 4.78 is 11.0. The Morgan fingerprint density at radius 1 is 1.04 bits per heavy atom. The van der Waals surface area contributed by atoms with Gasteiger partial charge in [0.25, 0.3) is 5.69 Å². The van der Waals surface area contributed by atoms with Gasteiger partial charge < -0.3 is 9.47 Å². The normalized spacial score (nSPS) is 10.2. The zero-order chi connectivity index (χ0) is 18.4. The number of hydrogen-bond donors (Lipinski definition) is 0. The molecule has 0 aliphatic heterocycles. The van der Waals surface area contributed by atoms with E-state index in [1.807, 2.05) is 0 Å². The van der Waals surface area contributed by atoms with E-state index in [0.717, 1.165) is 0 Å². The maximum atomic E-state index is 12.4. The molecule has 7 heteroatoms. The molecule has 0 atom stereocenters. The molecular weight excluding hydrogens is 336 g/mol. The van der Waals surface area contributed by atoms with Crippen molar-refractivity contribution in [3.05, 3.63) is 94.3 Å². The maximum absolute atomic E-state index is 12.4. The zero-order valence-electron chi connectivity index (χ0n) is 13.6. The lowest BCUT2D eigenvalue weighted by Crippen LogP contribution is -2.07. The lowest BCUT2D eigenvalue weighted by Gasteiger charge is -2.10. The molecule has 0 unspecified atom stereocenters. The first-order chi connectivity index (χ1) is 12.6. The van der Waals surface area contributed by atoms with Crippen LogP contribution in [-0.2, 0) is 11.3 Å². The van der Waals surface area contributed by atoms with Crippen LogP contribution in [0.1, 0.15) is 15.9 Å². The predicted octanol–water partition coefficient (Wildman–Crippen LogP) is 4.14. The average Bonchev–Trinajstić information content (AvgIpc) is 2.67. The first kappa shape index (κ1) is 17.1. The third-order valence-corrected chi connectivity index (χ3v) is 3.49. The van der Waals surface area contributed by atoms with Crippen molar-refractivity contribution >= 4 is 11.7 Å². The van der Waals surface area contributed by atoms with Crippen LogP contribution in [0.15, 0.2) is 73.1 Å². The van der Waals surface area contributed by atoms with Gasteiger partial charge in [-0.15, -0.1) is 0 Å². The van der Waals surface area contributed by atoms with E-state index in [-0.39, 0.29) is 17.9 Å². The average molecular weight is 350 g/mol. The van der Waals surface area contributed by atoms with Crippen molar-refractivity contribution in [3.8, 4) is 11.5 Å². The van der Waals surface area contributed by atoms with Crippen LogP contribution < -0.4 is 4.74 Å². The van der Waals surface area contributed by atoms with Gasteiger partial charge in [0.1, 0.15) is 23.7 Å². The van der Waals surface area contributed by atoms with Gasteiger partial charge in [0.05, 0.1) is 11.1 Å². The number of nitro benzene ring substituents is 1. The van der Waals surface area contributed by atoms with Crippen molar-refractivity contribution in [2.45, 2.75) is 6.61 Å². The van der Waals surface area contributed by atoms with Crippen LogP contribution in [-0.4, -0.2) is 15.9 Å². The van der Waals surface area contributed by atoms with Gasteiger partial charge >= 0.3 is 5.97 Å². The number of non-ortho nitro benzene ring substituents is 1. The van der Waals surface area contributed by atoms with E-state index in [1.54, 1.807) is 60.9 Å². The van der Waals surface area contributed by atoms with Crippen molar-refractivity contribution < 1.29 is 19.2 Å². The molecule has 0 N–H and O–H groups in total. The first-order valence-corrected chi connectivity index (χ1v) is 7.71. The highest BCUT2D eigenvalue weighted by Gasteiger charge is 2.15. The molecule has 0 saturated carbocycles. The number of carbonyl (C=O) groups is 1. The van der Waals surface area contributed by atoms with E-state index in [0.29, 0.717) is 17.1 Å². The van der Waals surface area contributed by atoms with E-state index in [9.17, 15) is 14.9 Å². The topological polar surface area (TPSA) is 91.6 Å². The second-order valence-corrected chi connectivity index (χ2v) is 5.29. The van der Waals surface area contributed by atoms with Gasteiger partial charge in [-0.2, -0.15) is 0 Å². The van der Waals surface area contributed by atoms with Gasteiger partial charge in [-0.05, 0) is 42.0 Å². The first-order valence-electron chi connectivity index (χ1n) is 7.71. The standard InChI is InChI=1S/C19H14N2O5/c22-19(25-13-14-7-9-15(10-8-14)21(23)24)17-5-1-2-6-18(17)26-16-4-3-11-20-12-16/h1-12H,13H2. The largest absolute Gasteiger partial charge is 0.457 e. The number of pyridine rings is 1. The number of para-hydroxylation sites is 1. The molecule has 0 amide bonds. The van der Waals surface area contributed by atoms with Crippen LogP contribution in [0.25, 0.3) is 0 Å². The quantitative estimate of drug-likeness (QED) is 0.377. The molecule has 0 spiro atoms. The fraction of sp³-hybridized carbons (Fsp3) is 0.0526. The second kappa shape index (κ2) is 7.89. The Bertz CT molecular complexity index is 911. The monoisotopic (exact) mass is 350 g/mol. The van der Waals surface area contributed by atoms with Crippen molar-refractivity contribution in [1.29, 1.82) is 0 Å². The van der Waals surface area contributed by atoms with Crippen LogP contribution in [0, 0.1) is 10.1 Å². The number of hydrogen-bond acceptors (Lipinski definition) is 6. The number of nitro groups is 1. The van der Waals surface area contributed by atoms with E-state index in [4.69, 9.17) is 9.47 Å². The molecule has 0 bridgehead atoms. The molecule has 26 heavy (non-hydrogen) atoms. The maximum Gasteiger partial charge on any atom is 0.342 e. The summed E-state index contributed by atoms with van der Waals surface area (Å²) in [6.45, 7) is -0.00193. The third-order valence-electron chi connectivity index (χ3n) is 3.49. The van der Waals surface area contributed by atoms with Crippen molar-refractivity contribution in [2.24, 2.45) is 0 Å². The molecule has 0 aliphatic rings. The summed E-state index contributed by atoms with van der Waals surface area (Å²) >= 11 is 0. The number of esters is 1. The number of carbonyl (C=O) groups excluding carboxylic acids is 1. The van der Waals surface area contributed by atoms with E-state index in [2.05, 4.69) is 4.98 Å². The van der Waals surface area contributed by atoms with Crippen molar-refractivity contribution in [1.82, 2.24) is 4.98 Å². The van der Waals surface area contributed by atoms with E-state index < -0.39 is 10.9 Å². The highest BCUT2D eigenvalue weighted by atomic mass is 16.6. The number of rotatable bonds is 6. The molecule has 7 nitrogen and oxygen atoms in total. The van der Waals surface area contributed by atoms with E-state index in [1.165, 1.54) is 12.1 Å². The number of nitrogens with zero attached hydrogens (tertiary/aromatic N) is 2. The Morgan fingerprint density at radius 2 is 1.81 bits per heavy atom. The van der Waals surface area contributed by atoms with Gasteiger partial charge in [0.2, 0.25) is 0 Å². The van der Waals surface area contributed by atoms with Crippen molar-refractivity contribution in [3.63, 3.8) is 0 Å². The number of benzene rings is 2. The van der Waals surface area contributed by atoms with Crippen LogP contribution in [0.3, 0.4) is 0 Å². The number of aromatic nitrogens is 1. The fourth-order valence-electron chi connectivity index (χ4n) is 2.20. The lowest BCUT2D eigenvalue weighted by atomic mass is 10.2. The summed E-state index contributed by atoms with van der Waals surface area (Å²) in [6, 6.07) is 16.0. The fourth-order valence-corrected chi connectivity index (χ4v) is 2.20. The molecule has 2 aromatic carbocycles. The zero-order valence-corrected chi connectivity index (χ0v) is 13.6. The highest BCUT2D eigenvalue weighted by Crippen LogP contribution is 2.25. The van der Waals surface area contributed by atoms with Crippen LogP contribution in [0.5, 0.6) is 11.5 Å². The molecule has 0 radical (unpaired) electrons. The molecule has 3 aromatic rings. The Morgan fingerprint density at radius 3 is 2.50 bits per heavy atom. The van der Waals surface area contributed by atoms with Gasteiger partial charge in [0.15, 0.2) is 0 Å². The van der Waals surface area contributed by atoms with Gasteiger partial charge in [0, 0.05) is 18.3 Å². The third kappa shape index (κ3) is 4.21. The molecule has 0 fully saturated rings. The van der Waals surface area contributed by atoms with Crippen LogP contribution in [0.2, 0.25) is 0 Å². The molecule has 130 valence electrons. The van der Waals surface area contributed by atoms with Crippen LogP contribution >= 0.6 is 0 Å². The molecule has 1 aromatic heterocycles. The minimum Gasteiger partial charge on any atom is -0.457 e. The van der Waals surface area contributed by atoms with Gasteiger partial charge in [-0.3, -0.25) is 15.1 Å². The minimum atomic E-state index is -0.553. The summed E-state index contributed by atoms with van der Waals surface area (Å²) in [5.41, 5.74) is 0.906. The molecule has 0 aliphatic carbocycles. The van der Waals surface area contributed by atoms with Crippen LogP contribution in [0.4, 0.5) is 5.69 Å². The molecular formula is C19H14N2O5. The second-order valence-electron chi connectivity index (χ2n) is 5.29. The molecule has 3 rings (SSSR count).